The predicted molar refractivity (Wildman–Crippen MR) is 70.2 cm³/mol. The molecule has 1 saturated heterocycles. The first-order valence-corrected chi connectivity index (χ1v) is 6.80. The highest BCUT2D eigenvalue weighted by Crippen LogP contribution is 2.31. The number of nitrogens with zero attached hydrogens (tertiary/aromatic N) is 1. The Balaban J connectivity index is 2.90. The summed E-state index contributed by atoms with van der Waals surface area (Å²) in [6, 6.07) is 0. The average molecular weight is 255 g/mol. The smallest absolute Gasteiger partial charge is 0.307 e. The van der Waals surface area contributed by atoms with Gasteiger partial charge in [0.05, 0.1) is 5.92 Å². The highest BCUT2D eigenvalue weighted by molar-refractivity contribution is 5.83. The van der Waals surface area contributed by atoms with E-state index in [9.17, 15) is 14.7 Å². The monoisotopic (exact) mass is 255 g/mol. The fraction of sp³-hybridized carbons (Fsp3) is 0.857. The van der Waals surface area contributed by atoms with Crippen molar-refractivity contribution in [2.75, 3.05) is 6.54 Å². The summed E-state index contributed by atoms with van der Waals surface area (Å²) in [4.78, 5) is 25.3. The number of carboxylic acid groups (broad SMARTS) is 1. The van der Waals surface area contributed by atoms with Crippen molar-refractivity contribution in [2.24, 2.45) is 11.8 Å². The van der Waals surface area contributed by atoms with E-state index in [0.29, 0.717) is 6.54 Å². The van der Waals surface area contributed by atoms with Gasteiger partial charge in [-0.2, -0.15) is 0 Å². The van der Waals surface area contributed by atoms with Gasteiger partial charge in [0, 0.05) is 18.5 Å². The first-order chi connectivity index (χ1) is 8.27. The fourth-order valence-electron chi connectivity index (χ4n) is 2.80. The lowest BCUT2D eigenvalue weighted by Crippen LogP contribution is -2.45. The van der Waals surface area contributed by atoms with Gasteiger partial charge in [0.1, 0.15) is 0 Å². The van der Waals surface area contributed by atoms with Gasteiger partial charge >= 0.3 is 5.97 Å². The number of carbonyl (C=O) groups is 2. The number of amides is 1. The average Bonchev–Trinajstić information content (AvgIpc) is 2.38. The van der Waals surface area contributed by atoms with Crippen LogP contribution in [-0.2, 0) is 9.59 Å². The van der Waals surface area contributed by atoms with Crippen LogP contribution in [0.15, 0.2) is 0 Å². The number of carbonyl (C=O) groups excluding carboxylic acids is 1. The van der Waals surface area contributed by atoms with Crippen LogP contribution < -0.4 is 0 Å². The third-order valence-electron chi connectivity index (χ3n) is 3.77. The molecule has 0 radical (unpaired) electrons. The largest absolute Gasteiger partial charge is 0.481 e. The highest BCUT2D eigenvalue weighted by atomic mass is 16.4. The molecule has 0 aromatic carbocycles. The molecule has 4 heteroatoms. The second-order valence-electron chi connectivity index (χ2n) is 6.20. The van der Waals surface area contributed by atoms with Crippen LogP contribution >= 0.6 is 0 Å². The Hall–Kier alpha value is -1.06. The van der Waals surface area contributed by atoms with Gasteiger partial charge in [0.25, 0.3) is 0 Å². The molecule has 104 valence electrons. The van der Waals surface area contributed by atoms with Crippen LogP contribution in [0.1, 0.15) is 53.4 Å². The van der Waals surface area contributed by atoms with Gasteiger partial charge in [0.2, 0.25) is 5.91 Å². The minimum atomic E-state index is -0.822. The molecule has 1 fully saturated rings. The van der Waals surface area contributed by atoms with Gasteiger partial charge in [-0.3, -0.25) is 9.59 Å². The second kappa shape index (κ2) is 5.72. The molecule has 1 amide bonds. The molecule has 4 nitrogen and oxygen atoms in total. The fourth-order valence-corrected chi connectivity index (χ4v) is 2.80. The van der Waals surface area contributed by atoms with E-state index in [0.717, 1.165) is 19.3 Å². The first-order valence-electron chi connectivity index (χ1n) is 6.80. The van der Waals surface area contributed by atoms with Crippen molar-refractivity contribution in [1.82, 2.24) is 4.90 Å². The van der Waals surface area contributed by atoms with Crippen molar-refractivity contribution in [3.05, 3.63) is 0 Å². The van der Waals surface area contributed by atoms with E-state index in [4.69, 9.17) is 0 Å². The highest BCUT2D eigenvalue weighted by Gasteiger charge is 2.37. The Morgan fingerprint density at radius 3 is 2.50 bits per heavy atom. The standard InChI is InChI=1S/C14H25NO3/c1-5-6-10-7-8-15(14(2,3)4)12(16)9-11(10)13(17)18/h10-11H,5-9H2,1-4H3,(H,17,18). The first kappa shape index (κ1) is 15.0. The molecule has 18 heavy (non-hydrogen) atoms. The van der Waals surface area contributed by atoms with Crippen LogP contribution in [0, 0.1) is 11.8 Å². The Bertz CT molecular complexity index is 319. The maximum absolute atomic E-state index is 12.2. The van der Waals surface area contributed by atoms with Gasteiger partial charge in [-0.05, 0) is 39.5 Å². The van der Waals surface area contributed by atoms with Crippen molar-refractivity contribution < 1.29 is 14.7 Å². The Kier molecular flexibility index (Phi) is 4.77. The van der Waals surface area contributed by atoms with Crippen molar-refractivity contribution in [3.63, 3.8) is 0 Å². The summed E-state index contributed by atoms with van der Waals surface area (Å²) in [6.45, 7) is 8.74. The van der Waals surface area contributed by atoms with E-state index in [1.807, 2.05) is 25.7 Å². The van der Waals surface area contributed by atoms with E-state index < -0.39 is 11.9 Å². The number of carboxylic acids is 1. The summed E-state index contributed by atoms with van der Waals surface area (Å²) in [5, 5.41) is 9.30. The summed E-state index contributed by atoms with van der Waals surface area (Å²) in [5.41, 5.74) is -0.221. The molecule has 0 bridgehead atoms. The summed E-state index contributed by atoms with van der Waals surface area (Å²) < 4.78 is 0. The van der Waals surface area contributed by atoms with Crippen molar-refractivity contribution in [1.29, 1.82) is 0 Å². The van der Waals surface area contributed by atoms with E-state index in [-0.39, 0.29) is 23.8 Å². The molecule has 0 aromatic rings. The lowest BCUT2D eigenvalue weighted by Gasteiger charge is -2.35. The van der Waals surface area contributed by atoms with E-state index in [1.165, 1.54) is 0 Å². The SMILES string of the molecule is CCCC1CCN(C(C)(C)C)C(=O)CC1C(=O)O. The predicted octanol–water partition coefficient (Wildman–Crippen LogP) is 2.52. The molecule has 1 N–H and O–H groups in total. The normalized spacial score (nSPS) is 26.0. The van der Waals surface area contributed by atoms with Crippen LogP contribution in [0.3, 0.4) is 0 Å². The maximum Gasteiger partial charge on any atom is 0.307 e. The summed E-state index contributed by atoms with van der Waals surface area (Å²) in [5.74, 6) is -1.22. The lowest BCUT2D eigenvalue weighted by atomic mass is 9.85. The van der Waals surface area contributed by atoms with E-state index in [1.54, 1.807) is 0 Å². The number of hydrogen-bond acceptors (Lipinski definition) is 2. The minimum absolute atomic E-state index is 0.0199. The molecule has 0 saturated carbocycles. The number of likely N-dealkylation sites (tertiary alicyclic amines) is 1. The molecule has 0 spiro atoms. The minimum Gasteiger partial charge on any atom is -0.481 e. The second-order valence-corrected chi connectivity index (χ2v) is 6.20. The summed E-state index contributed by atoms with van der Waals surface area (Å²) >= 11 is 0. The van der Waals surface area contributed by atoms with Gasteiger partial charge in [0.15, 0.2) is 0 Å². The number of aliphatic carboxylic acids is 1. The van der Waals surface area contributed by atoms with Crippen molar-refractivity contribution in [2.45, 2.75) is 58.9 Å². The van der Waals surface area contributed by atoms with Gasteiger partial charge in [-0.1, -0.05) is 13.3 Å². The quantitative estimate of drug-likeness (QED) is 0.843. The van der Waals surface area contributed by atoms with Crippen molar-refractivity contribution in [3.8, 4) is 0 Å². The van der Waals surface area contributed by atoms with Crippen LogP contribution in [0.25, 0.3) is 0 Å². The zero-order valence-corrected chi connectivity index (χ0v) is 11.9. The molecule has 1 aliphatic rings. The van der Waals surface area contributed by atoms with Gasteiger partial charge < -0.3 is 10.0 Å². The van der Waals surface area contributed by atoms with E-state index in [2.05, 4.69) is 6.92 Å². The molecule has 2 atom stereocenters. The zero-order valence-electron chi connectivity index (χ0n) is 11.9. The van der Waals surface area contributed by atoms with Crippen molar-refractivity contribution >= 4 is 11.9 Å². The Labute approximate surface area is 109 Å². The third kappa shape index (κ3) is 3.47. The molecule has 1 aliphatic heterocycles. The maximum atomic E-state index is 12.2. The molecule has 0 aromatic heterocycles. The molecule has 2 unspecified atom stereocenters. The summed E-state index contributed by atoms with van der Waals surface area (Å²) in [6.07, 6.45) is 2.81. The third-order valence-corrected chi connectivity index (χ3v) is 3.77. The van der Waals surface area contributed by atoms with Gasteiger partial charge in [-0.25, -0.2) is 0 Å². The lowest BCUT2D eigenvalue weighted by molar-refractivity contribution is -0.147. The van der Waals surface area contributed by atoms with Crippen LogP contribution in [0.4, 0.5) is 0 Å². The van der Waals surface area contributed by atoms with Crippen LogP contribution in [-0.4, -0.2) is 34.0 Å². The molecular weight excluding hydrogens is 230 g/mol. The summed E-state index contributed by atoms with van der Waals surface area (Å²) in [7, 11) is 0. The van der Waals surface area contributed by atoms with Crippen LogP contribution in [0.2, 0.25) is 0 Å². The molecule has 1 heterocycles. The number of rotatable bonds is 3. The molecule has 0 aliphatic carbocycles. The number of hydrogen-bond donors (Lipinski definition) is 1. The van der Waals surface area contributed by atoms with Gasteiger partial charge in [-0.15, -0.1) is 0 Å². The Morgan fingerprint density at radius 2 is 2.06 bits per heavy atom. The van der Waals surface area contributed by atoms with E-state index >= 15 is 0 Å². The molecule has 1 rings (SSSR count). The Morgan fingerprint density at radius 1 is 1.44 bits per heavy atom. The molecular formula is C14H25NO3. The zero-order chi connectivity index (χ0) is 13.9. The topological polar surface area (TPSA) is 57.6 Å². The van der Waals surface area contributed by atoms with Crippen LogP contribution in [0.5, 0.6) is 0 Å².